The summed E-state index contributed by atoms with van der Waals surface area (Å²) in [6, 6.07) is 0. The minimum Gasteiger partial charge on any atom is -0.390 e. The molecule has 0 aromatic carbocycles. The third-order valence-electron chi connectivity index (χ3n) is 22.3. The predicted octanol–water partition coefficient (Wildman–Crippen LogP) is 6.01. The second kappa shape index (κ2) is 26.2. The number of hydrogen-bond donors (Lipinski definition) is 2. The van der Waals surface area contributed by atoms with Crippen LogP contribution >= 0.6 is 0 Å². The summed E-state index contributed by atoms with van der Waals surface area (Å²) >= 11 is 0. The van der Waals surface area contributed by atoms with Crippen molar-refractivity contribution in [2.75, 3.05) is 35.5 Å². The number of carbonyl (C=O) groups excluding carboxylic acids is 1. The first-order valence-corrected chi connectivity index (χ1v) is 31.9. The van der Waals surface area contributed by atoms with Crippen molar-refractivity contribution >= 4 is 5.78 Å². The Morgan fingerprint density at radius 1 is 0.440 bits per heavy atom. The second-order valence-electron chi connectivity index (χ2n) is 27.1. The van der Waals surface area contributed by atoms with Gasteiger partial charge < -0.3 is 100 Å². The first kappa shape index (κ1) is 64.4. The van der Waals surface area contributed by atoms with Gasteiger partial charge >= 0.3 is 0 Å². The molecule has 0 radical (unpaired) electrons. The number of fused-ring (bicyclic) bond motifs is 5. The molecule has 33 atom stereocenters. The van der Waals surface area contributed by atoms with Gasteiger partial charge in [0.15, 0.2) is 43.5 Å². The highest BCUT2D eigenvalue weighted by atomic mass is 16.8. The first-order chi connectivity index (χ1) is 40.1. The molecule has 11 aliphatic rings. The van der Waals surface area contributed by atoms with Crippen LogP contribution in [0.4, 0.5) is 0 Å². The van der Waals surface area contributed by atoms with E-state index >= 15 is 0 Å². The van der Waals surface area contributed by atoms with Gasteiger partial charge in [-0.25, -0.2) is 0 Å². The van der Waals surface area contributed by atoms with E-state index in [1.54, 1.807) is 42.5 Å². The summed E-state index contributed by atoms with van der Waals surface area (Å²) in [5.41, 5.74) is -0.450. The van der Waals surface area contributed by atoms with E-state index in [0.29, 0.717) is 50.2 Å². The Kier molecular flexibility index (Phi) is 20.1. The number of hydrogen-bond acceptors (Lipinski definition) is 22. The van der Waals surface area contributed by atoms with Gasteiger partial charge in [0.25, 0.3) is 0 Å². The first-order valence-electron chi connectivity index (χ1n) is 31.9. The lowest BCUT2D eigenvalue weighted by Gasteiger charge is -2.57. The molecule has 0 aromatic rings. The quantitative estimate of drug-likeness (QED) is 0.159. The molecule has 0 amide bonds. The third kappa shape index (κ3) is 12.4. The van der Waals surface area contributed by atoms with Crippen LogP contribution in [0.5, 0.6) is 0 Å². The molecule has 11 rings (SSSR count). The van der Waals surface area contributed by atoms with Crippen molar-refractivity contribution in [3.05, 3.63) is 0 Å². The molecule has 8 aliphatic heterocycles. The van der Waals surface area contributed by atoms with Gasteiger partial charge in [-0.3, -0.25) is 4.79 Å². The van der Waals surface area contributed by atoms with Gasteiger partial charge in [-0.05, 0) is 105 Å². The fourth-order valence-corrected chi connectivity index (χ4v) is 17.5. The Bertz CT molecular complexity index is 2170. The van der Waals surface area contributed by atoms with Crippen molar-refractivity contribution in [2.45, 2.75) is 324 Å². The predicted molar refractivity (Wildman–Crippen MR) is 296 cm³/mol. The minimum absolute atomic E-state index is 0.00648. The largest absolute Gasteiger partial charge is 0.390 e. The monoisotopic (exact) mass is 1200 g/mol. The SMILES string of the molecule is CO[C@@H]1C[C@H](O[C@@H]2[C@@H](C)O[C@@H](O[C@H]3[C@@H](O)C[C@H](O[C@@H]4[C@@H](C)O[C@@H](O[C@@H]5[C@@H](C)O[C@@H](O[C@@H]6[C@@H](C)O[C@@H](O[C@H]7CC[C@@]8(C)C(CC[C@@]9%10OC(C)[C@H]%11CCC(=O)[C@]%11(C)C(C[C@@H]98)O%10)C7)C[C@H]6OC)C[C@H]5OC)C[C@H]4OC)O[C@@H]3C)C[C@H]2OC)O[C@H](C)[C@H]1O. The van der Waals surface area contributed by atoms with Crippen LogP contribution in [-0.4, -0.2) is 223 Å². The Labute approximate surface area is 497 Å². The van der Waals surface area contributed by atoms with Crippen LogP contribution in [0.3, 0.4) is 0 Å². The summed E-state index contributed by atoms with van der Waals surface area (Å²) in [4.78, 5) is 13.5. The van der Waals surface area contributed by atoms with Gasteiger partial charge in [0, 0.05) is 98.8 Å². The summed E-state index contributed by atoms with van der Waals surface area (Å²) < 4.78 is 122. The molecule has 11 fully saturated rings. The zero-order valence-electron chi connectivity index (χ0n) is 52.3. The van der Waals surface area contributed by atoms with Crippen molar-refractivity contribution in [1.82, 2.24) is 0 Å². The topological polar surface area (TPSA) is 233 Å². The van der Waals surface area contributed by atoms with Gasteiger partial charge in [0.2, 0.25) is 0 Å². The van der Waals surface area contributed by atoms with E-state index in [1.807, 2.05) is 34.6 Å². The number of aliphatic hydroxyl groups is 2. The molecule has 84 heavy (non-hydrogen) atoms. The van der Waals surface area contributed by atoms with Crippen molar-refractivity contribution in [1.29, 1.82) is 0 Å². The van der Waals surface area contributed by atoms with E-state index < -0.39 is 141 Å². The van der Waals surface area contributed by atoms with E-state index in [9.17, 15) is 15.0 Å². The lowest BCUT2D eigenvalue weighted by molar-refractivity contribution is -0.354. The Morgan fingerprint density at radius 2 is 0.857 bits per heavy atom. The summed E-state index contributed by atoms with van der Waals surface area (Å²) in [7, 11) is 8.19. The normalized spacial score (nSPS) is 54.3. The summed E-state index contributed by atoms with van der Waals surface area (Å²) in [5.74, 6) is 0.637. The fraction of sp³-hybridized carbons (Fsp3) is 0.984. The molecule has 2 N–H and O–H groups in total. The summed E-state index contributed by atoms with van der Waals surface area (Å²) in [5, 5.41) is 22.0. The van der Waals surface area contributed by atoms with E-state index in [-0.39, 0.29) is 60.3 Å². The number of carbonyl (C=O) groups is 1. The van der Waals surface area contributed by atoms with Crippen LogP contribution in [0.2, 0.25) is 0 Å². The molecule has 1 spiro atoms. The number of methoxy groups -OCH3 is 5. The number of ketones is 1. The number of rotatable bonds is 17. The van der Waals surface area contributed by atoms with Crippen molar-refractivity contribution in [3.63, 3.8) is 0 Å². The minimum atomic E-state index is -0.936. The average Bonchev–Trinajstić information content (AvgIpc) is 1.80. The van der Waals surface area contributed by atoms with Gasteiger partial charge in [0.05, 0.1) is 97.0 Å². The van der Waals surface area contributed by atoms with Crippen molar-refractivity contribution in [2.24, 2.45) is 28.6 Å². The molecule has 2 bridgehead atoms. The van der Waals surface area contributed by atoms with Crippen molar-refractivity contribution in [3.8, 4) is 0 Å². The van der Waals surface area contributed by atoms with Gasteiger partial charge in [-0.15, -0.1) is 0 Å². The van der Waals surface area contributed by atoms with Crippen LogP contribution in [-0.2, 0) is 94.8 Å². The Morgan fingerprint density at radius 3 is 1.32 bits per heavy atom. The van der Waals surface area contributed by atoms with Crippen molar-refractivity contribution < 1.29 is 105 Å². The highest BCUT2D eigenvalue weighted by molar-refractivity contribution is 5.88. The maximum Gasteiger partial charge on any atom is 0.172 e. The maximum absolute atomic E-state index is 13.5. The van der Waals surface area contributed by atoms with E-state index in [1.165, 1.54) is 0 Å². The highest BCUT2D eigenvalue weighted by Gasteiger charge is 2.70. The van der Waals surface area contributed by atoms with Gasteiger partial charge in [-0.2, -0.15) is 0 Å². The summed E-state index contributed by atoms with van der Waals surface area (Å²) in [6.07, 6.45) is -3.67. The van der Waals surface area contributed by atoms with Gasteiger partial charge in [0.1, 0.15) is 42.4 Å². The third-order valence-corrected chi connectivity index (χ3v) is 22.3. The molecule has 8 heterocycles. The Balaban J connectivity index is 0.625. The number of Topliss-reactive ketones (excluding diaryl/α,β-unsaturated/α-hetero) is 1. The molecule has 3 unspecified atom stereocenters. The number of aliphatic hydroxyl groups excluding tert-OH is 2. The lowest BCUT2D eigenvalue weighted by atomic mass is 9.52. The molecular weight excluding hydrogens is 1100 g/mol. The average molecular weight is 1200 g/mol. The van der Waals surface area contributed by atoms with E-state index in [2.05, 4.69) is 20.8 Å². The van der Waals surface area contributed by atoms with Gasteiger partial charge in [-0.1, -0.05) is 6.92 Å². The molecule has 0 aromatic heterocycles. The van der Waals surface area contributed by atoms with Crippen LogP contribution < -0.4 is 0 Å². The Hall–Kier alpha value is -1.17. The van der Waals surface area contributed by atoms with Crippen LogP contribution in [0.25, 0.3) is 0 Å². The highest BCUT2D eigenvalue weighted by Crippen LogP contribution is 2.67. The smallest absolute Gasteiger partial charge is 0.172 e. The van der Waals surface area contributed by atoms with E-state index in [0.717, 1.165) is 44.9 Å². The summed E-state index contributed by atoms with van der Waals surface area (Å²) in [6.45, 7) is 18.2. The molecule has 482 valence electrons. The molecule has 22 heteroatoms. The maximum atomic E-state index is 13.5. The molecular formula is C62H102O22. The van der Waals surface area contributed by atoms with Crippen LogP contribution in [0, 0.1) is 28.6 Å². The second-order valence-corrected chi connectivity index (χ2v) is 27.1. The van der Waals surface area contributed by atoms with Crippen LogP contribution in [0.1, 0.15) is 152 Å². The standard InChI is InChI=1S/C62H102O22/c1-29-38-15-16-46(64)61(38,9)47-28-45-60(8)19-18-37(21-36(60)17-20-62(45,83-29)84-47)77-49-24-41(67-11)57(32(4)73-49)81-53-27-44(70-14)59(35(7)76-53)82-52-26-43(69-13)56(33(5)75-52)79-48-22-39(63)55(31(3)72-48)78-51-25-42(68-12)58(34(6)74-51)80-50-23-40(66-10)54(65)30(2)71-50/h29-45,47-59,63,65H,15-28H2,1-14H3/t29?,30-,31-,32-,33-,34-,35-,36?,37+,38-,39+,40-,41-,42-,43-,44-,45-,47?,48+,49+,50+,51+,52+,53+,54-,55-,56-,57-,58-,59-,60+,61-,62+/m1/s1. The fourth-order valence-electron chi connectivity index (χ4n) is 17.5. The molecule has 22 nitrogen and oxygen atoms in total. The lowest BCUT2D eigenvalue weighted by Crippen LogP contribution is -2.58. The molecule has 8 saturated heterocycles. The van der Waals surface area contributed by atoms with Crippen LogP contribution in [0.15, 0.2) is 0 Å². The molecule has 3 aliphatic carbocycles. The van der Waals surface area contributed by atoms with E-state index in [4.69, 9.17) is 90.0 Å². The number of ether oxygens (including phenoxy) is 19. The molecule has 3 saturated carbocycles. The zero-order valence-corrected chi connectivity index (χ0v) is 52.3. The zero-order chi connectivity index (χ0) is 59.7.